The lowest BCUT2D eigenvalue weighted by molar-refractivity contribution is -0.384. The molecule has 10 heterocycles. The lowest BCUT2D eigenvalue weighted by atomic mass is 10.1. The smallest absolute Gasteiger partial charge is 0.269 e. The Kier molecular flexibility index (Phi) is 27.2. The zero-order valence-electron chi connectivity index (χ0n) is 67.5. The summed E-state index contributed by atoms with van der Waals surface area (Å²) >= 11 is 11.6. The van der Waals surface area contributed by atoms with Crippen LogP contribution in [0.25, 0.3) is 0 Å². The molecule has 10 amide bonds. The molecule has 0 bridgehead atoms. The number of sulfonamides is 5. The number of carbonyl (C=O) groups excluding carboxylic acids is 10. The predicted molar refractivity (Wildman–Crippen MR) is 462 cm³/mol. The molecule has 658 valence electrons. The average Bonchev–Trinajstić information content (AvgIpc) is 1.66. The number of benzene rings is 5. The van der Waals surface area contributed by atoms with Crippen molar-refractivity contribution in [3.63, 3.8) is 0 Å². The lowest BCUT2D eigenvalue weighted by Crippen LogP contribution is -2.45. The van der Waals surface area contributed by atoms with Gasteiger partial charge in [-0.3, -0.25) is 58.1 Å². The number of nitro groups is 1. The highest BCUT2D eigenvalue weighted by Gasteiger charge is 2.52. The molecule has 5 atom stereocenters. The number of halogens is 3. The van der Waals surface area contributed by atoms with Crippen molar-refractivity contribution in [1.82, 2.24) is 21.5 Å². The van der Waals surface area contributed by atoms with Crippen molar-refractivity contribution >= 4 is 212 Å². The van der Waals surface area contributed by atoms with Gasteiger partial charge in [-0.1, -0.05) is 35.4 Å². The molecule has 0 aliphatic carbocycles. The topological polar surface area (TPSA) is 470 Å². The van der Waals surface area contributed by atoms with Crippen LogP contribution in [0.3, 0.4) is 0 Å². The van der Waals surface area contributed by atoms with Gasteiger partial charge in [0.15, 0.2) is 29.6 Å². The molecule has 5 aromatic carbocycles. The highest BCUT2D eigenvalue weighted by molar-refractivity contribution is 7.91. The average molecular weight is 1930 g/mol. The first-order valence-corrected chi connectivity index (χ1v) is 47.9. The molecule has 0 saturated heterocycles. The van der Waals surface area contributed by atoms with Crippen molar-refractivity contribution in [3.05, 3.63) is 226 Å². The molecule has 15 rings (SSSR count). The zero-order valence-corrected chi connectivity index (χ0v) is 76.4. The van der Waals surface area contributed by atoms with Crippen molar-refractivity contribution in [2.75, 3.05) is 68.9 Å². The summed E-state index contributed by atoms with van der Waals surface area (Å²) in [5.74, 6) is -14.8. The van der Waals surface area contributed by atoms with E-state index in [1.54, 1.807) is 89.2 Å². The Hall–Kier alpha value is -11.6. The predicted octanol–water partition coefficient (Wildman–Crippen LogP) is 11.2. The number of ether oxygens (including phenoxy) is 1. The molecule has 125 heavy (non-hydrogen) atoms. The molecule has 0 saturated carbocycles. The molecule has 34 nitrogen and oxygen atoms in total. The summed E-state index contributed by atoms with van der Waals surface area (Å²) in [6, 6.07) is 33.8. The summed E-state index contributed by atoms with van der Waals surface area (Å²) in [5, 5.41) is 23.9. The highest BCUT2D eigenvalue weighted by Crippen LogP contribution is 2.46. The van der Waals surface area contributed by atoms with Crippen LogP contribution in [0.15, 0.2) is 164 Å². The Morgan fingerprint density at radius 1 is 0.384 bits per heavy atom. The van der Waals surface area contributed by atoms with Gasteiger partial charge in [0.2, 0.25) is 29.5 Å². The third kappa shape index (κ3) is 18.7. The van der Waals surface area contributed by atoms with E-state index >= 15 is 0 Å². The minimum Gasteiger partial charge on any atom is -0.497 e. The maximum Gasteiger partial charge on any atom is 0.269 e. The molecule has 47 heteroatoms. The van der Waals surface area contributed by atoms with Crippen LogP contribution >= 0.6 is 68.3 Å². The number of non-ortho nitro benzene ring substituents is 1. The normalized spacial score (nSPS) is 18.7. The van der Waals surface area contributed by atoms with Gasteiger partial charge in [0.1, 0.15) is 41.9 Å². The molecule has 0 radical (unpaired) electrons. The van der Waals surface area contributed by atoms with Crippen LogP contribution in [0, 0.1) is 70.2 Å². The van der Waals surface area contributed by atoms with E-state index < -0.39 is 155 Å². The van der Waals surface area contributed by atoms with E-state index in [-0.39, 0.29) is 65.9 Å². The minimum atomic E-state index is -4.01. The summed E-state index contributed by atoms with van der Waals surface area (Å²) in [6.07, 6.45) is 0. The van der Waals surface area contributed by atoms with Gasteiger partial charge in [-0.25, -0.2) is 72.4 Å². The van der Waals surface area contributed by atoms with Gasteiger partial charge in [0.05, 0.1) is 17.7 Å². The van der Waals surface area contributed by atoms with Gasteiger partial charge in [0, 0.05) is 130 Å². The third-order valence-corrected chi connectivity index (χ3v) is 35.1. The van der Waals surface area contributed by atoms with Gasteiger partial charge in [-0.05, 0) is 157 Å². The summed E-state index contributed by atoms with van der Waals surface area (Å²) < 4.78 is 158. The first kappa shape index (κ1) is 94.1. The quantitative estimate of drug-likeness (QED) is 0.0431. The first-order valence-electron chi connectivity index (χ1n) is 36.2. The highest BCUT2D eigenvalue weighted by atomic mass is 35.5. The van der Waals surface area contributed by atoms with E-state index in [1.165, 1.54) is 75.8 Å². The van der Waals surface area contributed by atoms with Crippen LogP contribution in [0.5, 0.6) is 5.75 Å². The fourth-order valence-corrected chi connectivity index (χ4v) is 27.3. The summed E-state index contributed by atoms with van der Waals surface area (Å²) in [7, 11) is -12.4. The number of aryl methyl sites for hydroxylation is 7. The Morgan fingerprint density at radius 3 is 0.920 bits per heavy atom. The number of nitrogens with one attached hydrogen (secondary N) is 5. The molecule has 5 unspecified atom stereocenters. The van der Waals surface area contributed by atoms with Crippen LogP contribution < -0.4 is 31.3 Å². The SMILES string of the molecule is COc1ccc(NC(=O)C2C(=O)N(C)S(=O)(=O)c3cc(C)sc32)cc1.Cc1cc2c(s1)C(C(=O)Nc1ccc(C)c(Cl)c1)C(=O)N(C)S2(=O)=O.Cc1cc2c(s1)C(C(=O)Nc1ccc(F)cc1F)C(=O)N(C)S2(=O)=O.Cc1cc2c(s1)C(C(=O)Nc1ccc([N+](=O)[O-])cc1)C(=O)N(C)S2(=O)=O.Cc1ccc(NC(=O)C2C(=O)N(C)S(=O)(=O)c3cc(C)sc32)cc1. The molecular weight excluding hydrogens is 1850 g/mol. The van der Waals surface area contributed by atoms with Crippen LogP contribution in [0.4, 0.5) is 42.9 Å². The van der Waals surface area contributed by atoms with Gasteiger partial charge in [0.25, 0.3) is 85.3 Å². The number of fused-ring (bicyclic) bond motifs is 5. The number of carbonyl (C=O) groups is 10. The molecule has 5 aromatic heterocycles. The molecule has 5 aliphatic heterocycles. The summed E-state index contributed by atoms with van der Waals surface area (Å²) in [6.45, 7) is 12.3. The number of hydrogen-bond donors (Lipinski definition) is 5. The van der Waals surface area contributed by atoms with E-state index in [0.717, 1.165) is 111 Å². The van der Waals surface area contributed by atoms with Crippen molar-refractivity contribution in [2.24, 2.45) is 0 Å². The fourth-order valence-electron chi connectivity index (χ4n) is 12.8. The Balaban J connectivity index is 0.000000152. The number of nitro benzene ring substituents is 1. The maximum atomic E-state index is 13.7. The number of rotatable bonds is 12. The van der Waals surface area contributed by atoms with Crippen LogP contribution in [-0.4, -0.2) is 170 Å². The number of nitrogens with zero attached hydrogens (tertiary/aromatic N) is 6. The monoisotopic (exact) mass is 1920 g/mol. The zero-order chi connectivity index (χ0) is 92.3. The number of amides is 10. The summed E-state index contributed by atoms with van der Waals surface area (Å²) in [5.41, 5.74) is 3.22. The van der Waals surface area contributed by atoms with Crippen molar-refractivity contribution in [2.45, 2.75) is 103 Å². The third-order valence-electron chi connectivity index (χ3n) is 19.5. The first-order chi connectivity index (χ1) is 58.3. The lowest BCUT2D eigenvalue weighted by Gasteiger charge is -2.28. The van der Waals surface area contributed by atoms with E-state index in [2.05, 4.69) is 26.6 Å². The Morgan fingerprint density at radius 2 is 0.648 bits per heavy atom. The van der Waals surface area contributed by atoms with Crippen molar-refractivity contribution in [3.8, 4) is 5.75 Å². The number of hydrogen-bond acceptors (Lipinski definition) is 28. The minimum absolute atomic E-state index is 0.0131. The van der Waals surface area contributed by atoms with E-state index in [9.17, 15) is 109 Å². The number of likely N-dealkylation sites (N-methyl/N-ethyl adjacent to an activating group) is 5. The Labute approximate surface area is 739 Å². The van der Waals surface area contributed by atoms with E-state index in [4.69, 9.17) is 16.3 Å². The molecule has 0 fully saturated rings. The van der Waals surface area contributed by atoms with Gasteiger partial charge >= 0.3 is 0 Å². The van der Waals surface area contributed by atoms with Gasteiger partial charge < -0.3 is 31.3 Å². The van der Waals surface area contributed by atoms with Gasteiger partial charge in [-0.15, -0.1) is 56.7 Å². The molecule has 10 aromatic rings. The van der Waals surface area contributed by atoms with Crippen LogP contribution in [-0.2, 0) is 98.1 Å². The summed E-state index contributed by atoms with van der Waals surface area (Å²) in [4.78, 5) is 140. The fraction of sp³-hybridized carbons (Fsp3) is 0.231. The molecule has 5 aliphatic rings. The second-order valence-corrected chi connectivity index (χ2v) is 44.6. The van der Waals surface area contributed by atoms with E-state index in [1.807, 2.05) is 26.0 Å². The van der Waals surface area contributed by atoms with Crippen LogP contribution in [0.2, 0.25) is 5.02 Å². The largest absolute Gasteiger partial charge is 0.497 e. The molecule has 5 N–H and O–H groups in total. The number of thiophene rings is 5. The second-order valence-electron chi connectivity index (χ2n) is 28.1. The number of anilines is 5. The number of methoxy groups -OCH3 is 1. The molecular formula is C78H72ClF2N11O23S10. The van der Waals surface area contributed by atoms with Gasteiger partial charge in [-0.2, -0.15) is 0 Å². The van der Waals surface area contributed by atoms with Crippen molar-refractivity contribution < 1.29 is 108 Å². The molecule has 0 spiro atoms. The standard InChI is InChI=1S/C16H15ClN2O4S2.C16H16N2O5S2.C16H16N2O4S2.C15H12F2N2O4S2.C15H13N3O6S2/c1-8-4-5-10(7-11(8)17)18-15(20)13-14-12(6-9(2)24-14)25(22,23)19(3)16(13)21;1-9-8-12-14(24-9)13(16(20)18(2)25(12,21)22)15(19)17-10-4-6-11(23-3)7-5-10;1-9-4-6-11(7-5-9)17-15(19)13-14-12(8-10(2)23-14)24(21,22)18(3)16(13)20;1-7-5-11-13(24-7)12(15(21)19(2)25(11,22)23)14(20)18-10-4-3-8(16)6-9(10)17;1-8-7-11-13(25-8)12(15(20)17(2)26(11,23)24)14(19)16-9-3-5-10(6-4-9)18(21)22/h4-7,13H,1-3H3,(H,18,20);4-8,13H,1-3H3,(H,17,19);4-8,13H,1-3H3,(H,17,19);3-6,12H,1-2H3,(H,18,20);3-7,12H,1-2H3,(H,16,19). The second kappa shape index (κ2) is 36.2. The van der Waals surface area contributed by atoms with Crippen LogP contribution in [0.1, 0.15) is 89.5 Å². The van der Waals surface area contributed by atoms with E-state index in [0.29, 0.717) is 70.1 Å². The van der Waals surface area contributed by atoms with Crippen molar-refractivity contribution in [1.29, 1.82) is 0 Å². The Bertz CT molecular complexity index is 6780. The maximum absolute atomic E-state index is 13.7.